The van der Waals surface area contributed by atoms with Crippen molar-refractivity contribution in [2.45, 2.75) is 85.7 Å². The Morgan fingerprint density at radius 1 is 0.471 bits per heavy atom. The molecule has 13 rings (SSSR count). The quantitative estimate of drug-likeness (QED) is 0.00999. The van der Waals surface area contributed by atoms with Gasteiger partial charge in [0.2, 0.25) is 11.1 Å². The number of Topliss-reactive ketones (excluding diaryl/α,β-unsaturated/α-hetero) is 6. The maximum Gasteiger partial charge on any atom is 0.492 e. The standard InChI is InChI=1S/2C31H26ClNO6.C15H16ClNO3.C8H6BrClO.C7H10BNO4.C6H3BrClI.C2H3ClO.CH4/c2*1-19(34)24-13-12-23(32)16-25(24)26-17-30(36)33(18-29(26)39-2)27(14-20-6-4-3-5-7-20)28(35)15-21-8-10-22(11-9-21)31(37)38;1-9(18)11-5-4-10(16)6-12(11)13-7-15(20-3)17-8-14(13)19-2;1-5(11)7-3-2-6(10)4-8(7)9;1-12-6-4-9-7(13-2)3-5(6)8(10)11;7-5-3-4(8)1-2-6(5)9;1-2(3)4;/h2*3-13,16-18,27H,14-15H2,1-2H3,(H,37,38);4-8,15,17H,1-3H3;2-4H,1H3;3-4,10-11H,1-2H3;1-3H;1H3;1H4/t2*27-;;;;;;/m10....../s1/i4*1D3;;;1D3;. The van der Waals surface area contributed by atoms with Gasteiger partial charge in [-0.05, 0) is 254 Å². The van der Waals surface area contributed by atoms with Gasteiger partial charge in [0.05, 0.1) is 77.4 Å². The molecule has 136 heavy (non-hydrogen) atoms. The molecule has 0 radical (unpaired) electrons. The van der Waals surface area contributed by atoms with Crippen LogP contribution in [0.2, 0.25) is 25.1 Å². The van der Waals surface area contributed by atoms with Gasteiger partial charge in [-0.1, -0.05) is 150 Å². The van der Waals surface area contributed by atoms with Crippen molar-refractivity contribution in [2.75, 3.05) is 42.7 Å². The molecule has 12 aromatic rings. The van der Waals surface area contributed by atoms with Gasteiger partial charge < -0.3 is 63.1 Å². The van der Waals surface area contributed by atoms with Gasteiger partial charge in [-0.2, -0.15) is 0 Å². The number of halogens is 9. The third-order valence-electron chi connectivity index (χ3n) is 19.3. The Morgan fingerprint density at radius 2 is 0.853 bits per heavy atom. The second-order valence-corrected chi connectivity index (χ2v) is 33.4. The van der Waals surface area contributed by atoms with Crippen LogP contribution in [0.15, 0.2) is 274 Å². The van der Waals surface area contributed by atoms with Crippen LogP contribution in [0.3, 0.4) is 0 Å². The molecule has 1 unspecified atom stereocenters. The SMILES string of the molecule is C.COc1cc(B(O)O)c(OC)cn1.Clc1ccc(I)c(Br)c1.[2H]C([2H])([2H])C(=O)Cl.[2H]C([2H])([2H])C(=O)c1ccc(Cl)cc1-c1cc(=O)n([C@@H](Cc2ccccc2)C(=O)Cc2ccc(C(=O)O)cc2)cc1OC.[2H]C([2H])([2H])C(=O)c1ccc(Cl)cc1-c1cc(=O)n([C@H](Cc2ccccc2)C(=O)Cc2ccc(C(=O)O)cc2)cc1OC.[2H]C([2H])([2H])C(=O)c1ccc(Cl)cc1Br.[2H]C([2H])([2H])C(=O)c1ccc(Cl)cc1C1=CC(OC)NC=C1OC. The summed E-state index contributed by atoms with van der Waals surface area (Å²) in [7, 11) is 6.97. The van der Waals surface area contributed by atoms with Crippen LogP contribution in [-0.4, -0.2) is 142 Å². The average molecular weight is 2230 g/mol. The van der Waals surface area contributed by atoms with Gasteiger partial charge in [0, 0.05) is 167 Å². The fourth-order valence-corrected chi connectivity index (χ4v) is 15.2. The highest BCUT2D eigenvalue weighted by Gasteiger charge is 2.29. The third-order valence-corrected chi connectivity index (χ3v) is 23.4. The van der Waals surface area contributed by atoms with Crippen LogP contribution in [-0.2, 0) is 49.5 Å². The Hall–Kier alpha value is -11.7. The van der Waals surface area contributed by atoms with Gasteiger partial charge in [0.25, 0.3) is 11.1 Å². The number of aromatic nitrogens is 3. The largest absolute Gasteiger partial charge is 0.495 e. The zero-order valence-electron chi connectivity index (χ0n) is 86.8. The van der Waals surface area contributed by atoms with E-state index in [2.05, 4.69) is 76.4 Å². The van der Waals surface area contributed by atoms with Crippen molar-refractivity contribution in [3.63, 3.8) is 0 Å². The van der Waals surface area contributed by atoms with E-state index in [1.165, 1.54) is 189 Å². The van der Waals surface area contributed by atoms with E-state index in [0.29, 0.717) is 54.2 Å². The Morgan fingerprint density at radius 3 is 1.21 bits per heavy atom. The van der Waals surface area contributed by atoms with E-state index in [9.17, 15) is 63.0 Å². The van der Waals surface area contributed by atoms with Gasteiger partial charge in [-0.3, -0.25) is 43.2 Å². The third kappa shape index (κ3) is 33.6. The summed E-state index contributed by atoms with van der Waals surface area (Å²) in [5.41, 5.74) is 3.25. The number of carbonyl (C=O) groups is 9. The Balaban J connectivity index is 0.000000293. The van der Waals surface area contributed by atoms with E-state index in [1.54, 1.807) is 36.5 Å². The minimum atomic E-state index is -2.93. The van der Waals surface area contributed by atoms with Crippen molar-refractivity contribution >= 4 is 194 Å². The van der Waals surface area contributed by atoms with Crippen LogP contribution in [0.1, 0.15) is 164 Å². The highest BCUT2D eigenvalue weighted by Crippen LogP contribution is 2.38. The molecule has 9 aromatic carbocycles. The van der Waals surface area contributed by atoms with Crippen LogP contribution >= 0.6 is 124 Å². The summed E-state index contributed by atoms with van der Waals surface area (Å²) in [5, 5.41) is 39.9. The number of methoxy groups -OCH3 is 6. The predicted molar refractivity (Wildman–Crippen MR) is 548 cm³/mol. The average Bonchev–Trinajstić information content (AvgIpc) is 0.762. The molecule has 0 bridgehead atoms. The predicted octanol–water partition coefficient (Wildman–Crippen LogP) is 21.5. The van der Waals surface area contributed by atoms with E-state index < -0.39 is 111 Å². The zero-order chi connectivity index (χ0) is 112. The Labute approximate surface area is 867 Å². The second kappa shape index (κ2) is 55.5. The summed E-state index contributed by atoms with van der Waals surface area (Å²) in [5.74, 6) is -5.55. The number of carboxylic acids is 2. The minimum Gasteiger partial charge on any atom is -0.495 e. The molecule has 1 aliphatic rings. The number of hydrogen-bond acceptors (Lipinski definition) is 21. The lowest BCUT2D eigenvalue weighted by molar-refractivity contribution is -0.122. The minimum absolute atomic E-state index is 0. The molecular formula is C101H94BBr2Cl6IN4O21. The topological polar surface area (TPSA) is 359 Å². The number of benzene rings is 9. The number of aromatic carboxylic acids is 2. The summed E-state index contributed by atoms with van der Waals surface area (Å²) in [6, 6.07) is 54.5. The van der Waals surface area contributed by atoms with Crippen molar-refractivity contribution in [3.05, 3.63) is 375 Å². The van der Waals surface area contributed by atoms with Gasteiger partial charge >= 0.3 is 19.1 Å². The van der Waals surface area contributed by atoms with Crippen LogP contribution in [0, 0.1) is 3.57 Å². The number of ether oxygens (including phenoxy) is 6. The first-order valence-corrected chi connectivity index (χ1v) is 44.1. The second-order valence-electron chi connectivity index (χ2n) is 28.0. The molecule has 5 N–H and O–H groups in total. The first-order valence-electron chi connectivity index (χ1n) is 46.6. The maximum absolute atomic E-state index is 13.7. The Bertz CT molecular complexity index is 6850. The monoisotopic (exact) mass is 2220 g/mol. The molecule has 25 nitrogen and oxygen atoms in total. The maximum atomic E-state index is 13.7. The van der Waals surface area contributed by atoms with E-state index in [1.807, 2.05) is 78.9 Å². The normalized spacial score (nSPS) is 13.9. The Kier molecular flexibility index (Phi) is 37.0. The van der Waals surface area contributed by atoms with Gasteiger partial charge in [-0.15, -0.1) is 0 Å². The van der Waals surface area contributed by atoms with Crippen LogP contribution in [0.4, 0.5) is 0 Å². The number of ketones is 6. The number of carbonyl (C=O) groups excluding carboxylic acids is 7. The van der Waals surface area contributed by atoms with E-state index >= 15 is 0 Å². The lowest BCUT2D eigenvalue weighted by atomic mass is 9.80. The number of nitrogens with one attached hydrogen (secondary N) is 1. The van der Waals surface area contributed by atoms with Crippen LogP contribution < -0.4 is 40.8 Å². The first kappa shape index (κ1) is 90.8. The molecule has 0 amide bonds. The number of hydrogen-bond donors (Lipinski definition) is 5. The summed E-state index contributed by atoms with van der Waals surface area (Å²) in [6.07, 6.45) is 7.16. The van der Waals surface area contributed by atoms with Gasteiger partial charge in [0.15, 0.2) is 34.7 Å². The summed E-state index contributed by atoms with van der Waals surface area (Å²) < 4.78 is 144. The van der Waals surface area contributed by atoms with Crippen molar-refractivity contribution in [3.8, 4) is 45.4 Å². The van der Waals surface area contributed by atoms with Crippen LogP contribution in [0.5, 0.6) is 23.1 Å². The molecule has 3 atom stereocenters. The molecule has 3 aromatic heterocycles. The summed E-state index contributed by atoms with van der Waals surface area (Å²) in [4.78, 5) is 140. The fourth-order valence-electron chi connectivity index (χ4n) is 12.8. The fraction of sp³-hybridized carbons (Fsp3) is 0.188. The van der Waals surface area contributed by atoms with Crippen molar-refractivity contribution in [1.29, 1.82) is 0 Å². The molecule has 0 aliphatic carbocycles. The molecule has 35 heteroatoms. The highest BCUT2D eigenvalue weighted by atomic mass is 127. The molecule has 1 aliphatic heterocycles. The molecular weight excluding hydrogens is 2120 g/mol. The molecule has 4 heterocycles. The lowest BCUT2D eigenvalue weighted by Gasteiger charge is -2.23. The summed E-state index contributed by atoms with van der Waals surface area (Å²) >= 11 is 43.0. The lowest BCUT2D eigenvalue weighted by Crippen LogP contribution is -2.32. The molecule has 0 fully saturated rings. The number of dihydropyridines is 1. The number of allylic oxidation sites excluding steroid dienone is 1. The smallest absolute Gasteiger partial charge is 0.492 e. The zero-order valence-corrected chi connectivity index (χ0v) is 81.6. The van der Waals surface area contributed by atoms with Crippen molar-refractivity contribution in [2.24, 2.45) is 0 Å². The molecule has 0 saturated carbocycles. The molecule has 710 valence electrons. The number of pyridine rings is 3. The molecule has 0 spiro atoms. The van der Waals surface area contributed by atoms with Crippen molar-refractivity contribution in [1.82, 2.24) is 19.4 Å². The van der Waals surface area contributed by atoms with Crippen molar-refractivity contribution < 1.29 is 112 Å². The first-order chi connectivity index (χ1) is 70.2. The number of nitrogens with zero attached hydrogens (tertiary/aromatic N) is 3. The highest BCUT2D eigenvalue weighted by molar-refractivity contribution is 14.1. The van der Waals surface area contributed by atoms with E-state index in [0.717, 1.165) is 20.6 Å². The number of rotatable bonds is 28. The number of carboxylic acid groups (broad SMARTS) is 2. The van der Waals surface area contributed by atoms with Gasteiger partial charge in [0.1, 0.15) is 29.2 Å². The van der Waals surface area contributed by atoms with Gasteiger partial charge in [-0.25, -0.2) is 14.6 Å². The van der Waals surface area contributed by atoms with E-state index in [-0.39, 0.29) is 127 Å². The van der Waals surface area contributed by atoms with Crippen LogP contribution in [0.25, 0.3) is 27.8 Å². The molecule has 0 saturated heterocycles. The summed E-state index contributed by atoms with van der Waals surface area (Å²) in [6.45, 7) is -13.8. The van der Waals surface area contributed by atoms with E-state index in [4.69, 9.17) is 117 Å².